The van der Waals surface area contributed by atoms with Gasteiger partial charge in [0.1, 0.15) is 17.2 Å². The Morgan fingerprint density at radius 2 is 1.60 bits per heavy atom. The molecule has 4 nitrogen and oxygen atoms in total. The molecule has 7 heteroatoms. The van der Waals surface area contributed by atoms with Crippen molar-refractivity contribution in [1.82, 2.24) is 0 Å². The molecule has 3 aromatic rings. The van der Waals surface area contributed by atoms with Crippen molar-refractivity contribution in [2.24, 2.45) is 0 Å². The first-order chi connectivity index (χ1) is 14.2. The molecule has 0 aliphatic carbocycles. The van der Waals surface area contributed by atoms with Crippen molar-refractivity contribution in [1.29, 1.82) is 0 Å². The van der Waals surface area contributed by atoms with Gasteiger partial charge < -0.3 is 14.6 Å². The van der Waals surface area contributed by atoms with Gasteiger partial charge >= 0.3 is 12.1 Å². The number of alkyl halides is 3. The first-order valence-electron chi connectivity index (χ1n) is 9.18. The second kappa shape index (κ2) is 8.90. The van der Waals surface area contributed by atoms with Crippen LogP contribution in [-0.4, -0.2) is 17.7 Å². The molecule has 0 saturated carbocycles. The van der Waals surface area contributed by atoms with E-state index in [1.165, 1.54) is 12.1 Å². The zero-order chi connectivity index (χ0) is 21.7. The largest absolute Gasteiger partial charge is 0.494 e. The van der Waals surface area contributed by atoms with Crippen molar-refractivity contribution in [2.45, 2.75) is 19.5 Å². The quantitative estimate of drug-likeness (QED) is 0.499. The van der Waals surface area contributed by atoms with Crippen molar-refractivity contribution in [3.8, 4) is 28.4 Å². The van der Waals surface area contributed by atoms with Gasteiger partial charge in [0, 0.05) is 6.07 Å². The Bertz CT molecular complexity index is 1030. The van der Waals surface area contributed by atoms with Gasteiger partial charge in [0.25, 0.3) is 0 Å². The SMILES string of the molecule is CCOc1cc(CC(=O)O)cc(Oc2cccc(-c3ccc(C(F)(F)F)cc3)c2)c1. The average molecular weight is 416 g/mol. The van der Waals surface area contributed by atoms with Crippen molar-refractivity contribution >= 4 is 5.97 Å². The third-order valence-electron chi connectivity index (χ3n) is 4.22. The van der Waals surface area contributed by atoms with Crippen LogP contribution in [0.25, 0.3) is 11.1 Å². The molecule has 1 N–H and O–H groups in total. The zero-order valence-electron chi connectivity index (χ0n) is 16.1. The molecule has 0 heterocycles. The van der Waals surface area contributed by atoms with E-state index >= 15 is 0 Å². The van der Waals surface area contributed by atoms with Crippen LogP contribution in [0.4, 0.5) is 13.2 Å². The Kier molecular flexibility index (Phi) is 6.30. The molecule has 0 fully saturated rings. The molecule has 0 atom stereocenters. The topological polar surface area (TPSA) is 55.8 Å². The van der Waals surface area contributed by atoms with Crippen LogP contribution in [-0.2, 0) is 17.4 Å². The lowest BCUT2D eigenvalue weighted by Crippen LogP contribution is -2.03. The predicted molar refractivity (Wildman–Crippen MR) is 106 cm³/mol. The Morgan fingerprint density at radius 1 is 0.900 bits per heavy atom. The number of hydrogen-bond donors (Lipinski definition) is 1. The van der Waals surface area contributed by atoms with E-state index in [1.54, 1.807) is 42.5 Å². The summed E-state index contributed by atoms with van der Waals surface area (Å²) in [5.74, 6) is 0.383. The fraction of sp³-hybridized carbons (Fsp3) is 0.174. The standard InChI is InChI=1S/C23H19F3O4/c1-2-29-20-10-15(12-22(27)28)11-21(14-20)30-19-5-3-4-17(13-19)16-6-8-18(9-7-16)23(24,25)26/h3-11,13-14H,2,12H2,1H3,(H,27,28). The highest BCUT2D eigenvalue weighted by Crippen LogP contribution is 2.33. The van der Waals surface area contributed by atoms with Gasteiger partial charge in [0.2, 0.25) is 0 Å². The minimum absolute atomic E-state index is 0.178. The summed E-state index contributed by atoms with van der Waals surface area (Å²) in [5.41, 5.74) is 1.12. The first-order valence-corrected chi connectivity index (χ1v) is 9.18. The van der Waals surface area contributed by atoms with Crippen LogP contribution in [0.3, 0.4) is 0 Å². The average Bonchev–Trinajstić information content (AvgIpc) is 2.67. The van der Waals surface area contributed by atoms with Crippen LogP contribution >= 0.6 is 0 Å². The lowest BCUT2D eigenvalue weighted by molar-refractivity contribution is -0.138. The summed E-state index contributed by atoms with van der Waals surface area (Å²) >= 11 is 0. The summed E-state index contributed by atoms with van der Waals surface area (Å²) < 4.78 is 49.6. The molecule has 0 aromatic heterocycles. The maximum Gasteiger partial charge on any atom is 0.416 e. The molecule has 3 rings (SSSR count). The third-order valence-corrected chi connectivity index (χ3v) is 4.22. The highest BCUT2D eigenvalue weighted by molar-refractivity contribution is 5.71. The van der Waals surface area contributed by atoms with Gasteiger partial charge in [0.05, 0.1) is 18.6 Å². The number of ether oxygens (including phenoxy) is 2. The van der Waals surface area contributed by atoms with E-state index in [4.69, 9.17) is 14.6 Å². The van der Waals surface area contributed by atoms with E-state index < -0.39 is 17.7 Å². The van der Waals surface area contributed by atoms with Crippen LogP contribution in [0, 0.1) is 0 Å². The molecular weight excluding hydrogens is 397 g/mol. The monoisotopic (exact) mass is 416 g/mol. The normalized spacial score (nSPS) is 11.2. The van der Waals surface area contributed by atoms with Crippen LogP contribution in [0.1, 0.15) is 18.1 Å². The summed E-state index contributed by atoms with van der Waals surface area (Å²) in [6, 6.07) is 16.7. The van der Waals surface area contributed by atoms with Crippen molar-refractivity contribution < 1.29 is 32.5 Å². The molecule has 0 saturated heterocycles. The summed E-state index contributed by atoms with van der Waals surface area (Å²) in [6.07, 6.45) is -4.56. The summed E-state index contributed by atoms with van der Waals surface area (Å²) in [7, 11) is 0. The highest BCUT2D eigenvalue weighted by atomic mass is 19.4. The predicted octanol–water partition coefficient (Wildman–Crippen LogP) is 6.19. The van der Waals surface area contributed by atoms with Gasteiger partial charge in [-0.3, -0.25) is 4.79 Å². The van der Waals surface area contributed by atoms with Crippen molar-refractivity contribution in [2.75, 3.05) is 6.61 Å². The molecule has 0 unspecified atom stereocenters. The van der Waals surface area contributed by atoms with E-state index in [0.717, 1.165) is 12.1 Å². The summed E-state index contributed by atoms with van der Waals surface area (Å²) in [5, 5.41) is 9.05. The van der Waals surface area contributed by atoms with E-state index in [-0.39, 0.29) is 6.42 Å². The molecule has 0 spiro atoms. The number of carbonyl (C=O) groups is 1. The van der Waals surface area contributed by atoms with Gasteiger partial charge in [-0.2, -0.15) is 13.2 Å². The molecule has 0 aliphatic heterocycles. The fourth-order valence-electron chi connectivity index (χ4n) is 2.94. The van der Waals surface area contributed by atoms with Crippen LogP contribution in [0.2, 0.25) is 0 Å². The van der Waals surface area contributed by atoms with Gasteiger partial charge in [-0.15, -0.1) is 0 Å². The minimum atomic E-state index is -4.39. The van der Waals surface area contributed by atoms with Crippen LogP contribution in [0.5, 0.6) is 17.2 Å². The molecule has 0 radical (unpaired) electrons. The van der Waals surface area contributed by atoms with Gasteiger partial charge in [0.15, 0.2) is 0 Å². The number of halogens is 3. The molecule has 3 aromatic carbocycles. The Hall–Kier alpha value is -3.48. The molecule has 30 heavy (non-hydrogen) atoms. The minimum Gasteiger partial charge on any atom is -0.494 e. The van der Waals surface area contributed by atoms with Crippen molar-refractivity contribution in [3.05, 3.63) is 77.9 Å². The third kappa shape index (κ3) is 5.53. The van der Waals surface area contributed by atoms with E-state index in [0.29, 0.717) is 40.5 Å². The number of benzene rings is 3. The van der Waals surface area contributed by atoms with E-state index in [1.807, 2.05) is 6.92 Å². The number of aliphatic carboxylic acids is 1. The number of carboxylic acids is 1. The molecule has 0 amide bonds. The Morgan fingerprint density at radius 3 is 2.23 bits per heavy atom. The molecule has 0 bridgehead atoms. The summed E-state index contributed by atoms with van der Waals surface area (Å²) in [4.78, 5) is 11.0. The van der Waals surface area contributed by atoms with Gasteiger partial charge in [-0.1, -0.05) is 24.3 Å². The number of rotatable bonds is 7. The summed E-state index contributed by atoms with van der Waals surface area (Å²) in [6.45, 7) is 2.23. The van der Waals surface area contributed by atoms with Crippen LogP contribution in [0.15, 0.2) is 66.7 Å². The zero-order valence-corrected chi connectivity index (χ0v) is 16.1. The first kappa shape index (κ1) is 21.2. The lowest BCUT2D eigenvalue weighted by atomic mass is 10.0. The highest BCUT2D eigenvalue weighted by Gasteiger charge is 2.29. The number of carboxylic acid groups (broad SMARTS) is 1. The van der Waals surface area contributed by atoms with Crippen molar-refractivity contribution in [3.63, 3.8) is 0 Å². The second-order valence-electron chi connectivity index (χ2n) is 6.52. The van der Waals surface area contributed by atoms with Crippen LogP contribution < -0.4 is 9.47 Å². The van der Waals surface area contributed by atoms with E-state index in [2.05, 4.69) is 0 Å². The smallest absolute Gasteiger partial charge is 0.416 e. The Balaban J connectivity index is 1.86. The van der Waals surface area contributed by atoms with Gasteiger partial charge in [-0.05, 0) is 60.0 Å². The molecule has 0 aliphatic rings. The lowest BCUT2D eigenvalue weighted by Gasteiger charge is -2.12. The number of hydrogen-bond acceptors (Lipinski definition) is 3. The van der Waals surface area contributed by atoms with E-state index in [9.17, 15) is 18.0 Å². The second-order valence-corrected chi connectivity index (χ2v) is 6.52. The molecule has 156 valence electrons. The maximum absolute atomic E-state index is 12.8. The Labute approximate surface area is 171 Å². The maximum atomic E-state index is 12.8. The fourth-order valence-corrected chi connectivity index (χ4v) is 2.94. The van der Waals surface area contributed by atoms with Gasteiger partial charge in [-0.25, -0.2) is 0 Å². The molecular formula is C23H19F3O4.